The van der Waals surface area contributed by atoms with Crippen molar-refractivity contribution >= 4 is 5.91 Å². The van der Waals surface area contributed by atoms with Crippen LogP contribution in [0.4, 0.5) is 0 Å². The molecule has 0 bridgehead atoms. The molecule has 1 aliphatic heterocycles. The second kappa shape index (κ2) is 6.28. The fourth-order valence-electron chi connectivity index (χ4n) is 3.86. The number of carbonyl (C=O) groups is 1. The highest BCUT2D eigenvalue weighted by atomic mass is 16.2. The number of likely N-dealkylation sites (tertiary alicyclic amines) is 1. The summed E-state index contributed by atoms with van der Waals surface area (Å²) in [5, 5.41) is 7.50. The molecule has 1 amide bonds. The number of nitrogens with one attached hydrogen (secondary N) is 2. The second-order valence-corrected chi connectivity index (χ2v) is 7.79. The molecule has 2 N–H and O–H groups in total. The Hall–Kier alpha value is -2.18. The van der Waals surface area contributed by atoms with Gasteiger partial charge in [0.1, 0.15) is 5.82 Å². The smallest absolute Gasteiger partial charge is 0.228 e. The number of aryl methyl sites for hydroxylation is 1. The molecule has 2 aliphatic rings. The summed E-state index contributed by atoms with van der Waals surface area (Å²) in [7, 11) is 0. The third-order valence-corrected chi connectivity index (χ3v) is 5.59. The lowest BCUT2D eigenvalue weighted by Crippen LogP contribution is -2.30. The molecule has 134 valence electrons. The van der Waals surface area contributed by atoms with Crippen molar-refractivity contribution < 1.29 is 4.79 Å². The minimum absolute atomic E-state index is 0.159. The Morgan fingerprint density at radius 2 is 2.16 bits per heavy atom. The van der Waals surface area contributed by atoms with Gasteiger partial charge >= 0.3 is 0 Å². The van der Waals surface area contributed by atoms with E-state index in [1.54, 1.807) is 6.33 Å². The van der Waals surface area contributed by atoms with Crippen molar-refractivity contribution in [2.24, 2.45) is 11.8 Å². The van der Waals surface area contributed by atoms with Crippen LogP contribution in [0.2, 0.25) is 0 Å². The molecule has 0 radical (unpaired) electrons. The quantitative estimate of drug-likeness (QED) is 0.871. The predicted octanol–water partition coefficient (Wildman–Crippen LogP) is 2.15. The normalized spacial score (nSPS) is 23.6. The molecule has 1 aliphatic carbocycles. The van der Waals surface area contributed by atoms with E-state index in [0.717, 1.165) is 42.0 Å². The summed E-state index contributed by atoms with van der Waals surface area (Å²) in [4.78, 5) is 26.8. The first kappa shape index (κ1) is 16.3. The molecule has 0 unspecified atom stereocenters. The molecular formula is C18H26N6O. The molecule has 1 saturated carbocycles. The standard InChI is InChI=1S/C18H26N6O/c1-10(2)17-21-18(23-22-17)14-8-24(7-13(14)12-4-5-12)16(25)6-15-11(3)19-9-20-15/h9-10,12-14H,4-8H2,1-3H3,(H,19,20)(H,21,22,23)/t13-,14+/m1/s1. The highest BCUT2D eigenvalue weighted by molar-refractivity contribution is 5.79. The molecule has 1 saturated heterocycles. The summed E-state index contributed by atoms with van der Waals surface area (Å²) in [5.74, 6) is 3.78. The van der Waals surface area contributed by atoms with Gasteiger partial charge in [-0.2, -0.15) is 5.10 Å². The third-order valence-electron chi connectivity index (χ3n) is 5.59. The lowest BCUT2D eigenvalue weighted by Gasteiger charge is -2.15. The Morgan fingerprint density at radius 1 is 1.36 bits per heavy atom. The van der Waals surface area contributed by atoms with E-state index in [4.69, 9.17) is 4.98 Å². The van der Waals surface area contributed by atoms with E-state index in [2.05, 4.69) is 34.0 Å². The maximum atomic E-state index is 12.8. The number of rotatable bonds is 5. The minimum atomic E-state index is 0.159. The van der Waals surface area contributed by atoms with Crippen molar-refractivity contribution in [1.82, 2.24) is 30.0 Å². The monoisotopic (exact) mass is 342 g/mol. The molecule has 2 aromatic rings. The molecule has 3 heterocycles. The summed E-state index contributed by atoms with van der Waals surface area (Å²) in [5.41, 5.74) is 1.82. The number of hydrogen-bond acceptors (Lipinski definition) is 4. The largest absolute Gasteiger partial charge is 0.348 e. The van der Waals surface area contributed by atoms with E-state index in [1.807, 2.05) is 11.8 Å². The van der Waals surface area contributed by atoms with Gasteiger partial charge in [-0.05, 0) is 31.6 Å². The number of H-pyrrole nitrogens is 2. The van der Waals surface area contributed by atoms with Gasteiger partial charge in [0.25, 0.3) is 0 Å². The number of hydrogen-bond donors (Lipinski definition) is 2. The fraction of sp³-hybridized carbons (Fsp3) is 0.667. The van der Waals surface area contributed by atoms with E-state index in [9.17, 15) is 4.79 Å². The molecule has 0 aromatic carbocycles. The van der Waals surface area contributed by atoms with Crippen molar-refractivity contribution in [3.05, 3.63) is 29.4 Å². The zero-order chi connectivity index (χ0) is 17.6. The van der Waals surface area contributed by atoms with Gasteiger partial charge in [0, 0.05) is 30.6 Å². The summed E-state index contributed by atoms with van der Waals surface area (Å²) >= 11 is 0. The van der Waals surface area contributed by atoms with Crippen molar-refractivity contribution in [3.63, 3.8) is 0 Å². The summed E-state index contributed by atoms with van der Waals surface area (Å²) < 4.78 is 0. The molecule has 2 atom stereocenters. The average molecular weight is 342 g/mol. The molecule has 0 spiro atoms. The molecule has 4 rings (SSSR count). The van der Waals surface area contributed by atoms with Crippen LogP contribution in [0.3, 0.4) is 0 Å². The van der Waals surface area contributed by atoms with Gasteiger partial charge in [0.15, 0.2) is 5.82 Å². The molecule has 7 heteroatoms. The number of aromatic amines is 2. The predicted molar refractivity (Wildman–Crippen MR) is 93.0 cm³/mol. The summed E-state index contributed by atoms with van der Waals surface area (Å²) in [6, 6.07) is 0. The highest BCUT2D eigenvalue weighted by Gasteiger charge is 2.45. The Morgan fingerprint density at radius 3 is 2.76 bits per heavy atom. The van der Waals surface area contributed by atoms with Crippen molar-refractivity contribution in [2.45, 2.75) is 51.9 Å². The van der Waals surface area contributed by atoms with Gasteiger partial charge in [-0.15, -0.1) is 0 Å². The van der Waals surface area contributed by atoms with Crippen molar-refractivity contribution in [1.29, 1.82) is 0 Å². The first-order chi connectivity index (χ1) is 12.0. The van der Waals surface area contributed by atoms with Crippen LogP contribution >= 0.6 is 0 Å². The van der Waals surface area contributed by atoms with Crippen molar-refractivity contribution in [2.75, 3.05) is 13.1 Å². The van der Waals surface area contributed by atoms with E-state index < -0.39 is 0 Å². The molecule has 2 fully saturated rings. The van der Waals surface area contributed by atoms with Crippen LogP contribution in [-0.4, -0.2) is 49.0 Å². The topological polar surface area (TPSA) is 90.6 Å². The second-order valence-electron chi connectivity index (χ2n) is 7.79. The van der Waals surface area contributed by atoms with E-state index in [1.165, 1.54) is 12.8 Å². The fourth-order valence-corrected chi connectivity index (χ4v) is 3.86. The summed E-state index contributed by atoms with van der Waals surface area (Å²) in [6.07, 6.45) is 4.56. The van der Waals surface area contributed by atoms with Crippen LogP contribution in [0.25, 0.3) is 0 Å². The number of carbonyl (C=O) groups excluding carboxylic acids is 1. The molecular weight excluding hydrogens is 316 g/mol. The maximum Gasteiger partial charge on any atom is 0.228 e. The Bertz CT molecular complexity index is 759. The van der Waals surface area contributed by atoms with Gasteiger partial charge in [0.05, 0.1) is 18.4 Å². The van der Waals surface area contributed by atoms with Gasteiger partial charge < -0.3 is 9.88 Å². The zero-order valence-electron chi connectivity index (χ0n) is 15.1. The van der Waals surface area contributed by atoms with Crippen LogP contribution < -0.4 is 0 Å². The molecule has 7 nitrogen and oxygen atoms in total. The van der Waals surface area contributed by atoms with Crippen molar-refractivity contribution in [3.8, 4) is 0 Å². The molecule has 2 aromatic heterocycles. The van der Waals surface area contributed by atoms with Crippen LogP contribution in [0, 0.1) is 18.8 Å². The van der Waals surface area contributed by atoms with Crippen LogP contribution in [0.1, 0.15) is 61.6 Å². The van der Waals surface area contributed by atoms with Crippen LogP contribution in [0.5, 0.6) is 0 Å². The van der Waals surface area contributed by atoms with E-state index in [0.29, 0.717) is 18.3 Å². The Balaban J connectivity index is 1.50. The number of aromatic nitrogens is 5. The van der Waals surface area contributed by atoms with Gasteiger partial charge in [-0.3, -0.25) is 9.89 Å². The van der Waals surface area contributed by atoms with E-state index >= 15 is 0 Å². The average Bonchev–Trinajstić information content (AvgIpc) is 3.00. The van der Waals surface area contributed by atoms with Gasteiger partial charge in [-0.1, -0.05) is 13.8 Å². The maximum absolute atomic E-state index is 12.8. The van der Waals surface area contributed by atoms with Crippen LogP contribution in [0.15, 0.2) is 6.33 Å². The van der Waals surface area contributed by atoms with E-state index in [-0.39, 0.29) is 11.8 Å². The Labute approximate surface area is 147 Å². The minimum Gasteiger partial charge on any atom is -0.348 e. The Kier molecular flexibility index (Phi) is 4.09. The molecule has 25 heavy (non-hydrogen) atoms. The lowest BCUT2D eigenvalue weighted by atomic mass is 9.91. The third kappa shape index (κ3) is 3.19. The van der Waals surface area contributed by atoms with Gasteiger partial charge in [0.2, 0.25) is 5.91 Å². The number of nitrogens with zero attached hydrogens (tertiary/aromatic N) is 4. The first-order valence-electron chi connectivity index (χ1n) is 9.21. The SMILES string of the molecule is Cc1[nH]cnc1CC(=O)N1C[C@H](c2nc(C(C)C)n[nH]2)[C@@H](C2CC2)C1. The zero-order valence-corrected chi connectivity index (χ0v) is 15.1. The number of amides is 1. The van der Waals surface area contributed by atoms with Gasteiger partial charge in [-0.25, -0.2) is 9.97 Å². The first-order valence-corrected chi connectivity index (χ1v) is 9.21. The summed E-state index contributed by atoms with van der Waals surface area (Å²) in [6.45, 7) is 7.72. The highest BCUT2D eigenvalue weighted by Crippen LogP contribution is 2.47. The van der Waals surface area contributed by atoms with Crippen LogP contribution in [-0.2, 0) is 11.2 Å². The lowest BCUT2D eigenvalue weighted by molar-refractivity contribution is -0.129. The number of imidazole rings is 1.